The molecule has 20 heavy (non-hydrogen) atoms. The van der Waals surface area contributed by atoms with Gasteiger partial charge in [-0.05, 0) is 13.3 Å². The van der Waals surface area contributed by atoms with Gasteiger partial charge in [0.1, 0.15) is 0 Å². The number of hydrogen-bond donors (Lipinski definition) is 1. The lowest BCUT2D eigenvalue weighted by atomic mass is 10.3. The van der Waals surface area contributed by atoms with E-state index in [4.69, 9.17) is 5.73 Å². The highest BCUT2D eigenvalue weighted by atomic mass is 127. The molecule has 0 unspecified atom stereocenters. The second kappa shape index (κ2) is 9.17. The highest BCUT2D eigenvalue weighted by Gasteiger charge is 2.19. The molecule has 0 amide bonds. The molecule has 2 heterocycles. The van der Waals surface area contributed by atoms with Crippen LogP contribution in [0.25, 0.3) is 0 Å². The summed E-state index contributed by atoms with van der Waals surface area (Å²) in [5.41, 5.74) is 6.02. The summed E-state index contributed by atoms with van der Waals surface area (Å²) in [7, 11) is 0. The molecule has 0 aliphatic carbocycles. The van der Waals surface area contributed by atoms with Gasteiger partial charge < -0.3 is 15.5 Å². The minimum absolute atomic E-state index is 0. The average Bonchev–Trinajstić information content (AvgIpc) is 2.98. The third-order valence-corrected chi connectivity index (χ3v) is 3.93. The average molecular weight is 407 g/mol. The maximum absolute atomic E-state index is 6.02. The molecule has 112 valence electrons. The standard InChI is InChI=1S/C13H21N5S.HI/c1-2-3-4-5-15-12(14)17-7-9-18(10-8-17)13-16-6-11-19-13;/h2-3,6,11H,4-5,7-10H2,1H3,(H2,14,15);1H. The van der Waals surface area contributed by atoms with Crippen molar-refractivity contribution in [1.82, 2.24) is 9.88 Å². The Morgan fingerprint density at radius 2 is 2.20 bits per heavy atom. The largest absolute Gasteiger partial charge is 0.370 e. The summed E-state index contributed by atoms with van der Waals surface area (Å²) in [6, 6.07) is 0. The van der Waals surface area contributed by atoms with Crippen LogP contribution >= 0.6 is 35.3 Å². The molecule has 5 nitrogen and oxygen atoms in total. The predicted molar refractivity (Wildman–Crippen MR) is 97.2 cm³/mol. The van der Waals surface area contributed by atoms with Crippen molar-refractivity contribution in [2.75, 3.05) is 37.6 Å². The van der Waals surface area contributed by atoms with Gasteiger partial charge in [0.15, 0.2) is 11.1 Å². The van der Waals surface area contributed by atoms with E-state index >= 15 is 0 Å². The number of guanidine groups is 1. The predicted octanol–water partition coefficient (Wildman–Crippen LogP) is 2.16. The Balaban J connectivity index is 0.00000200. The summed E-state index contributed by atoms with van der Waals surface area (Å²) in [5.74, 6) is 0.670. The number of thiazole rings is 1. The number of aromatic nitrogens is 1. The van der Waals surface area contributed by atoms with Crippen LogP contribution < -0.4 is 10.6 Å². The quantitative estimate of drug-likeness (QED) is 0.273. The first-order valence-electron chi connectivity index (χ1n) is 6.61. The Bertz CT molecular complexity index is 424. The molecule has 0 atom stereocenters. The van der Waals surface area contributed by atoms with Crippen LogP contribution in [-0.4, -0.2) is 48.6 Å². The summed E-state index contributed by atoms with van der Waals surface area (Å²) >= 11 is 1.69. The van der Waals surface area contributed by atoms with E-state index in [-0.39, 0.29) is 24.0 Å². The number of nitrogens with two attached hydrogens (primary N) is 1. The van der Waals surface area contributed by atoms with Crippen molar-refractivity contribution in [3.63, 3.8) is 0 Å². The van der Waals surface area contributed by atoms with Gasteiger partial charge in [-0.2, -0.15) is 0 Å². The van der Waals surface area contributed by atoms with Gasteiger partial charge in [-0.25, -0.2) is 4.98 Å². The highest BCUT2D eigenvalue weighted by molar-refractivity contribution is 14.0. The molecule has 1 fully saturated rings. The van der Waals surface area contributed by atoms with Crippen molar-refractivity contribution in [1.29, 1.82) is 0 Å². The van der Waals surface area contributed by atoms with E-state index < -0.39 is 0 Å². The Kier molecular flexibility index (Phi) is 7.90. The van der Waals surface area contributed by atoms with Crippen molar-refractivity contribution in [2.45, 2.75) is 13.3 Å². The molecule has 2 N–H and O–H groups in total. The lowest BCUT2D eigenvalue weighted by molar-refractivity contribution is 0.380. The number of hydrogen-bond acceptors (Lipinski definition) is 4. The Hall–Kier alpha value is -0.830. The van der Waals surface area contributed by atoms with Crippen molar-refractivity contribution in [2.24, 2.45) is 10.7 Å². The fourth-order valence-electron chi connectivity index (χ4n) is 2.02. The van der Waals surface area contributed by atoms with Crippen LogP contribution in [0.5, 0.6) is 0 Å². The number of piperazine rings is 1. The smallest absolute Gasteiger partial charge is 0.191 e. The van der Waals surface area contributed by atoms with Crippen molar-refractivity contribution in [3.05, 3.63) is 23.7 Å². The monoisotopic (exact) mass is 407 g/mol. The summed E-state index contributed by atoms with van der Waals surface area (Å²) in [5, 5.41) is 3.11. The van der Waals surface area contributed by atoms with E-state index in [0.717, 1.165) is 44.3 Å². The normalized spacial score (nSPS) is 16.6. The third kappa shape index (κ3) is 4.93. The summed E-state index contributed by atoms with van der Waals surface area (Å²) in [6.07, 6.45) is 6.95. The molecule has 0 spiro atoms. The molecule has 1 aromatic rings. The molecule has 0 bridgehead atoms. The molecular weight excluding hydrogens is 385 g/mol. The van der Waals surface area contributed by atoms with Gasteiger partial charge in [-0.15, -0.1) is 35.3 Å². The van der Waals surface area contributed by atoms with Gasteiger partial charge in [0.05, 0.1) is 0 Å². The highest BCUT2D eigenvalue weighted by Crippen LogP contribution is 2.18. The molecule has 0 aromatic carbocycles. The van der Waals surface area contributed by atoms with Crippen LogP contribution in [0.15, 0.2) is 28.7 Å². The lowest BCUT2D eigenvalue weighted by Gasteiger charge is -2.35. The number of anilines is 1. The third-order valence-electron chi connectivity index (χ3n) is 3.10. The summed E-state index contributed by atoms with van der Waals surface area (Å²) < 4.78 is 0. The molecule has 2 rings (SSSR count). The second-order valence-electron chi connectivity index (χ2n) is 4.39. The molecule has 1 saturated heterocycles. The molecule has 1 aromatic heterocycles. The topological polar surface area (TPSA) is 57.8 Å². The number of halogens is 1. The number of allylic oxidation sites excluding steroid dienone is 1. The van der Waals surface area contributed by atoms with Crippen molar-refractivity contribution >= 4 is 46.4 Å². The summed E-state index contributed by atoms with van der Waals surface area (Å²) in [4.78, 5) is 13.2. The minimum atomic E-state index is 0. The fraction of sp³-hybridized carbons (Fsp3) is 0.538. The number of rotatable bonds is 4. The molecular formula is C13H22IN5S. The fourth-order valence-corrected chi connectivity index (χ4v) is 2.72. The Labute approximate surface area is 141 Å². The summed E-state index contributed by atoms with van der Waals surface area (Å²) in [6.45, 7) is 6.53. The van der Waals surface area contributed by atoms with E-state index in [1.54, 1.807) is 11.3 Å². The van der Waals surface area contributed by atoms with Gasteiger partial charge in [0.25, 0.3) is 0 Å². The van der Waals surface area contributed by atoms with E-state index in [1.165, 1.54) is 0 Å². The van der Waals surface area contributed by atoms with Gasteiger partial charge in [0, 0.05) is 44.3 Å². The van der Waals surface area contributed by atoms with Crippen LogP contribution in [0.4, 0.5) is 5.13 Å². The zero-order valence-corrected chi connectivity index (χ0v) is 14.9. The minimum Gasteiger partial charge on any atom is -0.370 e. The van der Waals surface area contributed by atoms with Crippen LogP contribution in [-0.2, 0) is 0 Å². The van der Waals surface area contributed by atoms with E-state index in [2.05, 4.69) is 25.9 Å². The van der Waals surface area contributed by atoms with Crippen LogP contribution in [0.3, 0.4) is 0 Å². The van der Waals surface area contributed by atoms with Gasteiger partial charge in [-0.1, -0.05) is 12.2 Å². The zero-order chi connectivity index (χ0) is 13.5. The first-order valence-corrected chi connectivity index (χ1v) is 7.49. The van der Waals surface area contributed by atoms with Crippen LogP contribution in [0.1, 0.15) is 13.3 Å². The lowest BCUT2D eigenvalue weighted by Crippen LogP contribution is -2.51. The molecule has 7 heteroatoms. The first-order chi connectivity index (χ1) is 9.31. The SMILES string of the molecule is CC=CCCN=C(N)N1CCN(c2nccs2)CC1.I. The van der Waals surface area contributed by atoms with Gasteiger partial charge >= 0.3 is 0 Å². The molecule has 0 radical (unpaired) electrons. The Morgan fingerprint density at radius 1 is 1.45 bits per heavy atom. The molecule has 0 saturated carbocycles. The number of nitrogens with zero attached hydrogens (tertiary/aromatic N) is 4. The van der Waals surface area contributed by atoms with Crippen molar-refractivity contribution < 1.29 is 0 Å². The first kappa shape index (κ1) is 17.2. The maximum Gasteiger partial charge on any atom is 0.191 e. The van der Waals surface area contributed by atoms with E-state index in [9.17, 15) is 0 Å². The molecule has 1 aliphatic rings. The zero-order valence-electron chi connectivity index (χ0n) is 11.7. The Morgan fingerprint density at radius 3 is 2.80 bits per heavy atom. The van der Waals surface area contributed by atoms with Crippen LogP contribution in [0, 0.1) is 0 Å². The molecule has 1 aliphatic heterocycles. The van der Waals surface area contributed by atoms with Crippen molar-refractivity contribution in [3.8, 4) is 0 Å². The second-order valence-corrected chi connectivity index (χ2v) is 5.26. The van der Waals surface area contributed by atoms with Gasteiger partial charge in [0.2, 0.25) is 0 Å². The van der Waals surface area contributed by atoms with E-state index in [1.807, 2.05) is 24.6 Å². The van der Waals surface area contributed by atoms with E-state index in [0.29, 0.717) is 5.96 Å². The van der Waals surface area contributed by atoms with Crippen LogP contribution in [0.2, 0.25) is 0 Å². The maximum atomic E-state index is 6.02. The number of aliphatic imine (C=N–C) groups is 1. The van der Waals surface area contributed by atoms with Gasteiger partial charge in [-0.3, -0.25) is 4.99 Å².